The Balaban J connectivity index is 1.52. The van der Waals surface area contributed by atoms with Crippen molar-refractivity contribution in [2.75, 3.05) is 10.2 Å². The van der Waals surface area contributed by atoms with Crippen molar-refractivity contribution >= 4 is 17.7 Å². The summed E-state index contributed by atoms with van der Waals surface area (Å²) in [5, 5.41) is 12.9. The Morgan fingerprint density at radius 2 is 2.00 bits per heavy atom. The minimum atomic E-state index is -4.54. The highest BCUT2D eigenvalue weighted by Crippen LogP contribution is 2.51. The van der Waals surface area contributed by atoms with Gasteiger partial charge in [0.05, 0.1) is 29.6 Å². The van der Waals surface area contributed by atoms with Gasteiger partial charge in [0.1, 0.15) is 5.82 Å². The van der Waals surface area contributed by atoms with Crippen molar-refractivity contribution in [3.8, 4) is 11.3 Å². The summed E-state index contributed by atoms with van der Waals surface area (Å²) in [7, 11) is 0. The van der Waals surface area contributed by atoms with Gasteiger partial charge in [0.15, 0.2) is 5.82 Å². The highest BCUT2D eigenvalue weighted by molar-refractivity contribution is 6.03. The Labute approximate surface area is 173 Å². The van der Waals surface area contributed by atoms with Crippen molar-refractivity contribution in [3.63, 3.8) is 0 Å². The van der Waals surface area contributed by atoms with Crippen LogP contribution in [0.1, 0.15) is 23.5 Å². The van der Waals surface area contributed by atoms with E-state index in [2.05, 4.69) is 25.3 Å². The van der Waals surface area contributed by atoms with Gasteiger partial charge in [0.25, 0.3) is 0 Å². The summed E-state index contributed by atoms with van der Waals surface area (Å²) in [5.41, 5.74) is 0.283. The highest BCUT2D eigenvalue weighted by atomic mass is 19.4. The summed E-state index contributed by atoms with van der Waals surface area (Å²) in [6.45, 7) is 0. The Morgan fingerprint density at radius 3 is 2.71 bits per heavy atom. The average molecular weight is 428 g/mol. The third-order valence-electron chi connectivity index (χ3n) is 5.51. The Kier molecular flexibility index (Phi) is 4.36. The molecule has 0 spiro atoms. The lowest BCUT2D eigenvalue weighted by Crippen LogP contribution is -2.55. The Bertz CT molecular complexity index is 1160. The van der Waals surface area contributed by atoms with Crippen molar-refractivity contribution < 1.29 is 23.1 Å². The number of hydrogen-bond acceptors (Lipinski definition) is 6. The predicted octanol–water partition coefficient (Wildman–Crippen LogP) is 3.22. The zero-order chi connectivity index (χ0) is 21.8. The van der Waals surface area contributed by atoms with Crippen molar-refractivity contribution in [3.05, 3.63) is 60.3 Å². The number of halogens is 3. The van der Waals surface area contributed by atoms with Crippen molar-refractivity contribution in [2.45, 2.75) is 30.7 Å². The number of anilines is 2. The van der Waals surface area contributed by atoms with Gasteiger partial charge in [-0.1, -0.05) is 6.07 Å². The summed E-state index contributed by atoms with van der Waals surface area (Å²) < 4.78 is 39.2. The maximum Gasteiger partial charge on any atom is 0.417 e. The van der Waals surface area contributed by atoms with Gasteiger partial charge in [-0.3, -0.25) is 20.2 Å². The lowest BCUT2D eigenvalue weighted by atomic mass is 9.75. The number of nitrogens with zero attached hydrogens (tertiary/aromatic N) is 5. The molecule has 1 aliphatic heterocycles. The van der Waals surface area contributed by atoms with E-state index in [1.165, 1.54) is 29.7 Å². The molecule has 11 heteroatoms. The van der Waals surface area contributed by atoms with Gasteiger partial charge in [0.2, 0.25) is 0 Å². The van der Waals surface area contributed by atoms with Crippen LogP contribution in [-0.2, 0) is 6.18 Å². The van der Waals surface area contributed by atoms with Crippen molar-refractivity contribution in [1.82, 2.24) is 19.9 Å². The van der Waals surface area contributed by atoms with Gasteiger partial charge < -0.3 is 5.11 Å². The number of aromatic nitrogens is 4. The van der Waals surface area contributed by atoms with Crippen LogP contribution in [0.2, 0.25) is 0 Å². The predicted molar refractivity (Wildman–Crippen MR) is 103 cm³/mol. The second kappa shape index (κ2) is 6.98. The van der Waals surface area contributed by atoms with Gasteiger partial charge in [-0.2, -0.15) is 13.2 Å². The quantitative estimate of drug-likeness (QED) is 0.650. The minimum Gasteiger partial charge on any atom is -0.391 e. The van der Waals surface area contributed by atoms with Crippen LogP contribution in [0.15, 0.2) is 49.2 Å². The fourth-order valence-corrected chi connectivity index (χ4v) is 4.02. The van der Waals surface area contributed by atoms with Crippen molar-refractivity contribution in [1.29, 1.82) is 0 Å². The van der Waals surface area contributed by atoms with E-state index in [-0.39, 0.29) is 23.0 Å². The third kappa shape index (κ3) is 3.26. The Morgan fingerprint density at radius 1 is 1.16 bits per heavy atom. The number of rotatable bonds is 2. The molecule has 8 nitrogen and oxygen atoms in total. The zero-order valence-electron chi connectivity index (χ0n) is 15.8. The molecule has 0 saturated heterocycles. The van der Waals surface area contributed by atoms with Gasteiger partial charge in [0, 0.05) is 41.8 Å². The first-order valence-electron chi connectivity index (χ1n) is 9.41. The van der Waals surface area contributed by atoms with Crippen LogP contribution in [0.3, 0.4) is 0 Å². The molecule has 5 rings (SSSR count). The second-order valence-electron chi connectivity index (χ2n) is 7.36. The van der Waals surface area contributed by atoms with Gasteiger partial charge in [-0.05, 0) is 18.6 Å². The molecule has 1 fully saturated rings. The number of fused-ring (bicyclic) bond motifs is 3. The molecule has 2 amide bonds. The molecular formula is C20H15F3N6O2. The summed E-state index contributed by atoms with van der Waals surface area (Å²) in [5.74, 6) is 0.422. The minimum absolute atomic E-state index is 0.0983. The zero-order valence-corrected chi connectivity index (χ0v) is 15.8. The molecule has 1 saturated carbocycles. The maximum atomic E-state index is 13.1. The molecule has 2 N–H and O–H groups in total. The molecule has 0 aromatic carbocycles. The standard InChI is InChI=1S/C20H15F3N6O2/c21-20(22,23)11-5-10(7-25-8-11)14-2-1-12-13-6-15(30)17(13)29(18(12)27-14)19(31)28-16-9-24-3-4-26-16/h1-5,7-9,13,15,17,30H,6H2,(H,26,28,31)/t13?,15-,17?/m1/s1. The summed E-state index contributed by atoms with van der Waals surface area (Å²) in [4.78, 5) is 30.4. The molecule has 31 heavy (non-hydrogen) atoms. The molecule has 2 unspecified atom stereocenters. The van der Waals surface area contributed by atoms with E-state index in [1.807, 2.05) is 0 Å². The van der Waals surface area contributed by atoms with Crippen LogP contribution in [0.5, 0.6) is 0 Å². The molecule has 3 atom stereocenters. The first-order valence-corrected chi connectivity index (χ1v) is 9.41. The fraction of sp³-hybridized carbons (Fsp3) is 0.250. The van der Waals surface area contributed by atoms with E-state index in [0.29, 0.717) is 12.2 Å². The third-order valence-corrected chi connectivity index (χ3v) is 5.51. The number of carbonyl (C=O) groups is 1. The normalized spacial score (nSPS) is 21.8. The van der Waals surface area contributed by atoms with E-state index < -0.39 is 29.9 Å². The number of aliphatic hydroxyl groups is 1. The Hall–Kier alpha value is -3.60. The molecule has 0 bridgehead atoms. The van der Waals surface area contributed by atoms with Crippen LogP contribution in [-0.4, -0.2) is 43.2 Å². The van der Waals surface area contributed by atoms with Gasteiger partial charge >= 0.3 is 12.2 Å². The molecular weight excluding hydrogens is 413 g/mol. The van der Waals surface area contributed by atoms with Crippen LogP contribution in [0.4, 0.5) is 29.6 Å². The summed E-state index contributed by atoms with van der Waals surface area (Å²) >= 11 is 0. The molecule has 1 aliphatic carbocycles. The monoisotopic (exact) mass is 428 g/mol. The molecule has 158 valence electrons. The first kappa shape index (κ1) is 19.4. The number of carbonyl (C=O) groups excluding carboxylic acids is 1. The first-order chi connectivity index (χ1) is 14.8. The molecule has 4 heterocycles. The number of aliphatic hydroxyl groups excluding tert-OH is 1. The molecule has 3 aromatic heterocycles. The molecule has 0 radical (unpaired) electrons. The van der Waals surface area contributed by atoms with E-state index in [9.17, 15) is 23.1 Å². The number of alkyl halides is 3. The largest absolute Gasteiger partial charge is 0.417 e. The fourth-order valence-electron chi connectivity index (χ4n) is 4.02. The maximum absolute atomic E-state index is 13.1. The molecule has 2 aliphatic rings. The van der Waals surface area contributed by atoms with Gasteiger partial charge in [-0.15, -0.1) is 0 Å². The number of hydrogen-bond donors (Lipinski definition) is 2. The van der Waals surface area contributed by atoms with E-state index >= 15 is 0 Å². The van der Waals surface area contributed by atoms with Gasteiger partial charge in [-0.25, -0.2) is 14.8 Å². The van der Waals surface area contributed by atoms with Crippen LogP contribution in [0, 0.1) is 0 Å². The smallest absolute Gasteiger partial charge is 0.391 e. The van der Waals surface area contributed by atoms with Crippen LogP contribution >= 0.6 is 0 Å². The molecule has 3 aromatic rings. The topological polar surface area (TPSA) is 104 Å². The SMILES string of the molecule is O=C(Nc1cnccn1)N1c2nc(-c3cncc(C(F)(F)F)c3)ccc2C2C[C@@H](O)C21. The number of amides is 2. The van der Waals surface area contributed by atoms with E-state index in [0.717, 1.165) is 17.8 Å². The summed E-state index contributed by atoms with van der Waals surface area (Å²) in [6, 6.07) is 3.23. The van der Waals surface area contributed by atoms with E-state index in [1.54, 1.807) is 12.1 Å². The van der Waals surface area contributed by atoms with Crippen LogP contribution in [0.25, 0.3) is 11.3 Å². The van der Waals surface area contributed by atoms with Crippen molar-refractivity contribution in [2.24, 2.45) is 0 Å². The number of urea groups is 1. The lowest BCUT2D eigenvalue weighted by Gasteiger charge is -2.40. The highest BCUT2D eigenvalue weighted by Gasteiger charge is 2.54. The van der Waals surface area contributed by atoms with Crippen LogP contribution < -0.4 is 10.2 Å². The average Bonchev–Trinajstić information content (AvgIpc) is 3.02. The van der Waals surface area contributed by atoms with E-state index in [4.69, 9.17) is 0 Å². The summed E-state index contributed by atoms with van der Waals surface area (Å²) in [6.07, 6.45) is 1.49. The number of nitrogens with one attached hydrogen (secondary N) is 1. The second-order valence-corrected chi connectivity index (χ2v) is 7.36. The number of pyridine rings is 2. The lowest BCUT2D eigenvalue weighted by molar-refractivity contribution is -0.137.